The topological polar surface area (TPSA) is 86.2 Å². The minimum absolute atomic E-state index is 0.331. The molecule has 134 valence electrons. The molecule has 26 heavy (non-hydrogen) atoms. The molecular formula is C18H20N6O2. The van der Waals surface area contributed by atoms with Crippen LogP contribution in [0, 0.1) is 0 Å². The van der Waals surface area contributed by atoms with E-state index >= 15 is 0 Å². The number of aryl methyl sites for hydroxylation is 2. The molecule has 0 saturated carbocycles. The van der Waals surface area contributed by atoms with Gasteiger partial charge in [0.1, 0.15) is 0 Å². The van der Waals surface area contributed by atoms with Crippen molar-refractivity contribution in [1.82, 2.24) is 18.7 Å². The summed E-state index contributed by atoms with van der Waals surface area (Å²) in [5, 5.41) is 4.12. The zero-order valence-electron chi connectivity index (χ0n) is 14.9. The van der Waals surface area contributed by atoms with Gasteiger partial charge in [-0.25, -0.2) is 10.2 Å². The molecule has 3 rings (SSSR count). The lowest BCUT2D eigenvalue weighted by molar-refractivity contribution is 0.700. The third-order valence-electron chi connectivity index (χ3n) is 4.08. The van der Waals surface area contributed by atoms with Crippen LogP contribution in [0.3, 0.4) is 0 Å². The number of hydrogen-bond acceptors (Lipinski definition) is 5. The molecule has 2 aromatic heterocycles. The van der Waals surface area contributed by atoms with E-state index in [1.165, 1.54) is 11.6 Å². The van der Waals surface area contributed by atoms with Crippen LogP contribution in [0.2, 0.25) is 0 Å². The molecule has 8 nitrogen and oxygen atoms in total. The Balaban J connectivity index is 1.91. The molecule has 0 unspecified atom stereocenters. The first-order chi connectivity index (χ1) is 12.5. The predicted molar refractivity (Wildman–Crippen MR) is 103 cm³/mol. The molecule has 0 spiro atoms. The zero-order chi connectivity index (χ0) is 18.7. The summed E-state index contributed by atoms with van der Waals surface area (Å²) in [5.41, 5.74) is 3.82. The smallest absolute Gasteiger partial charge is 0.303 e. The molecule has 0 radical (unpaired) electrons. The molecule has 0 aliphatic heterocycles. The van der Waals surface area contributed by atoms with Gasteiger partial charge in [-0.1, -0.05) is 36.4 Å². The third-order valence-corrected chi connectivity index (χ3v) is 4.08. The summed E-state index contributed by atoms with van der Waals surface area (Å²) in [6, 6.07) is 9.86. The van der Waals surface area contributed by atoms with Crippen LogP contribution in [-0.4, -0.2) is 24.9 Å². The molecule has 1 aromatic carbocycles. The summed E-state index contributed by atoms with van der Waals surface area (Å²) in [6.07, 6.45) is 5.33. The lowest BCUT2D eigenvalue weighted by atomic mass is 10.2. The maximum atomic E-state index is 12.4. The summed E-state index contributed by atoms with van der Waals surface area (Å²) in [7, 11) is 3.05. The molecule has 0 saturated heterocycles. The van der Waals surface area contributed by atoms with E-state index in [0.717, 1.165) is 10.1 Å². The van der Waals surface area contributed by atoms with Gasteiger partial charge >= 0.3 is 5.69 Å². The molecule has 0 fully saturated rings. The number of hydrogen-bond donors (Lipinski definition) is 1. The van der Waals surface area contributed by atoms with E-state index in [9.17, 15) is 9.59 Å². The number of hydrazone groups is 1. The Kier molecular flexibility index (Phi) is 4.83. The van der Waals surface area contributed by atoms with Gasteiger partial charge in [-0.15, -0.1) is 0 Å². The Labute approximate surface area is 149 Å². The van der Waals surface area contributed by atoms with Gasteiger partial charge < -0.3 is 4.57 Å². The molecular weight excluding hydrogens is 332 g/mol. The molecule has 0 aliphatic carbocycles. The maximum Gasteiger partial charge on any atom is 0.332 e. The van der Waals surface area contributed by atoms with Crippen LogP contribution in [0.1, 0.15) is 12.5 Å². The fraction of sp³-hybridized carbons (Fsp3) is 0.222. The minimum Gasteiger partial charge on any atom is -0.303 e. The van der Waals surface area contributed by atoms with Gasteiger partial charge in [0.15, 0.2) is 11.2 Å². The first kappa shape index (κ1) is 17.4. The molecule has 0 aliphatic rings. The van der Waals surface area contributed by atoms with Crippen LogP contribution in [0.4, 0.5) is 5.95 Å². The second-order valence-electron chi connectivity index (χ2n) is 5.72. The number of benzene rings is 1. The molecule has 1 N–H and O–H groups in total. The van der Waals surface area contributed by atoms with Gasteiger partial charge in [0, 0.05) is 26.9 Å². The van der Waals surface area contributed by atoms with Crippen LogP contribution < -0.4 is 16.7 Å². The number of anilines is 1. The van der Waals surface area contributed by atoms with E-state index in [0.29, 0.717) is 23.7 Å². The van der Waals surface area contributed by atoms with Crippen LogP contribution in [0.5, 0.6) is 0 Å². The lowest BCUT2D eigenvalue weighted by Crippen LogP contribution is -2.37. The number of allylic oxidation sites excluding steroid dienone is 1. The molecule has 8 heteroatoms. The standard InChI is InChI=1S/C18H20N6O2/c1-4-24-14-15(22(2)18(26)23(3)16(14)25)20-17(24)21-19-12-8-11-13-9-6-5-7-10-13/h5-12H,4H2,1-3H3,(H,20,21). The Morgan fingerprint density at radius 3 is 2.58 bits per heavy atom. The third kappa shape index (κ3) is 3.08. The molecule has 0 amide bonds. The quantitative estimate of drug-likeness (QED) is 0.558. The number of aromatic nitrogens is 4. The summed E-state index contributed by atoms with van der Waals surface area (Å²) in [6.45, 7) is 2.41. The van der Waals surface area contributed by atoms with Crippen molar-refractivity contribution in [3.63, 3.8) is 0 Å². The molecule has 0 atom stereocenters. The second-order valence-corrected chi connectivity index (χ2v) is 5.72. The number of rotatable bonds is 5. The molecule has 2 heterocycles. The highest BCUT2D eigenvalue weighted by molar-refractivity contribution is 5.79. The lowest BCUT2D eigenvalue weighted by Gasteiger charge is -2.05. The number of nitrogens with zero attached hydrogens (tertiary/aromatic N) is 5. The average molecular weight is 352 g/mol. The van der Waals surface area contributed by atoms with Crippen LogP contribution in [0.15, 0.2) is 51.1 Å². The number of nitrogens with one attached hydrogen (secondary N) is 1. The van der Waals surface area contributed by atoms with Crippen LogP contribution in [0.25, 0.3) is 17.2 Å². The maximum absolute atomic E-state index is 12.4. The number of fused-ring (bicyclic) bond motifs is 1. The summed E-state index contributed by atoms with van der Waals surface area (Å²) >= 11 is 0. The van der Waals surface area contributed by atoms with E-state index < -0.39 is 5.69 Å². The highest BCUT2D eigenvalue weighted by atomic mass is 16.2. The van der Waals surface area contributed by atoms with E-state index in [2.05, 4.69) is 15.5 Å². The number of imidazole rings is 1. The zero-order valence-corrected chi connectivity index (χ0v) is 14.9. The minimum atomic E-state index is -0.413. The van der Waals surface area contributed by atoms with E-state index in [4.69, 9.17) is 0 Å². The van der Waals surface area contributed by atoms with Crippen LogP contribution in [-0.2, 0) is 20.6 Å². The van der Waals surface area contributed by atoms with Crippen molar-refractivity contribution < 1.29 is 0 Å². The molecule has 0 bridgehead atoms. The van der Waals surface area contributed by atoms with Crippen LogP contribution >= 0.6 is 0 Å². The summed E-state index contributed by atoms with van der Waals surface area (Å²) < 4.78 is 4.13. The van der Waals surface area contributed by atoms with Gasteiger partial charge in [0.05, 0.1) is 0 Å². The van der Waals surface area contributed by atoms with Crippen molar-refractivity contribution in [3.8, 4) is 0 Å². The fourth-order valence-corrected chi connectivity index (χ4v) is 2.70. The van der Waals surface area contributed by atoms with Gasteiger partial charge in [0.2, 0.25) is 5.95 Å². The van der Waals surface area contributed by atoms with E-state index in [1.54, 1.807) is 23.9 Å². The van der Waals surface area contributed by atoms with Crippen molar-refractivity contribution in [2.24, 2.45) is 19.2 Å². The Hall–Kier alpha value is -3.42. The van der Waals surface area contributed by atoms with Crippen molar-refractivity contribution in [1.29, 1.82) is 0 Å². The van der Waals surface area contributed by atoms with Gasteiger partial charge in [-0.3, -0.25) is 13.9 Å². The first-order valence-electron chi connectivity index (χ1n) is 8.21. The monoisotopic (exact) mass is 352 g/mol. The van der Waals surface area contributed by atoms with E-state index in [1.807, 2.05) is 43.3 Å². The second kappa shape index (κ2) is 7.22. The Bertz CT molecular complexity index is 1100. The first-order valence-corrected chi connectivity index (χ1v) is 8.21. The van der Waals surface area contributed by atoms with Crippen molar-refractivity contribution in [2.45, 2.75) is 13.5 Å². The van der Waals surface area contributed by atoms with Crippen molar-refractivity contribution in [2.75, 3.05) is 5.43 Å². The Morgan fingerprint density at radius 2 is 1.88 bits per heavy atom. The van der Waals surface area contributed by atoms with Crippen molar-refractivity contribution >= 4 is 29.4 Å². The SMILES string of the molecule is CCn1c(NN=CC=Cc2ccccc2)nc2c1c(=O)n(C)c(=O)n2C. The van der Waals surface area contributed by atoms with Gasteiger partial charge in [0.25, 0.3) is 5.56 Å². The van der Waals surface area contributed by atoms with E-state index in [-0.39, 0.29) is 5.56 Å². The Morgan fingerprint density at radius 1 is 1.15 bits per heavy atom. The molecule has 3 aromatic rings. The van der Waals surface area contributed by atoms with Gasteiger partial charge in [-0.2, -0.15) is 10.1 Å². The highest BCUT2D eigenvalue weighted by Crippen LogP contribution is 2.15. The fourth-order valence-electron chi connectivity index (χ4n) is 2.70. The van der Waals surface area contributed by atoms with Gasteiger partial charge in [-0.05, 0) is 18.6 Å². The average Bonchev–Trinajstić information content (AvgIpc) is 3.04. The summed E-state index contributed by atoms with van der Waals surface area (Å²) in [4.78, 5) is 28.9. The largest absolute Gasteiger partial charge is 0.332 e. The normalized spacial score (nSPS) is 11.8. The van der Waals surface area contributed by atoms with Crippen molar-refractivity contribution in [3.05, 3.63) is 62.8 Å². The summed E-state index contributed by atoms with van der Waals surface area (Å²) in [5.74, 6) is 0.408. The predicted octanol–water partition coefficient (Wildman–Crippen LogP) is 1.56. The highest BCUT2D eigenvalue weighted by Gasteiger charge is 2.17.